The Kier molecular flexibility index (Phi) is 5.51. The summed E-state index contributed by atoms with van der Waals surface area (Å²) >= 11 is 0. The molecule has 0 radical (unpaired) electrons. The molecule has 1 fully saturated rings. The Bertz CT molecular complexity index is 990. The zero-order valence-electron chi connectivity index (χ0n) is 16.7. The molecule has 6 heteroatoms. The number of piperidine rings is 1. The molecule has 0 aliphatic carbocycles. The summed E-state index contributed by atoms with van der Waals surface area (Å²) in [5, 5.41) is 0. The lowest BCUT2D eigenvalue weighted by molar-refractivity contribution is 0.0699. The van der Waals surface area contributed by atoms with Gasteiger partial charge in [0.1, 0.15) is 11.4 Å². The fourth-order valence-corrected chi connectivity index (χ4v) is 3.83. The molecule has 6 nitrogen and oxygen atoms in total. The molecule has 0 N–H and O–H groups in total. The largest absolute Gasteiger partial charge is 0.497 e. The maximum atomic E-state index is 12.8. The molecule has 3 heterocycles. The van der Waals surface area contributed by atoms with E-state index in [-0.39, 0.29) is 11.8 Å². The third kappa shape index (κ3) is 4.26. The Hall–Kier alpha value is -3.28. The number of ether oxygens (including phenoxy) is 1. The Balaban J connectivity index is 1.57. The van der Waals surface area contributed by atoms with Crippen LogP contribution in [0.25, 0.3) is 11.1 Å². The predicted octanol–water partition coefficient (Wildman–Crippen LogP) is 3.88. The number of hydrogen-bond acceptors (Lipinski definition) is 5. The Labute approximate surface area is 170 Å². The smallest absolute Gasteiger partial charge is 0.274 e. The normalized spacial score (nSPS) is 16.5. The van der Waals surface area contributed by atoms with Gasteiger partial charge in [0.2, 0.25) is 0 Å². The van der Waals surface area contributed by atoms with E-state index in [0.29, 0.717) is 12.2 Å². The first-order valence-corrected chi connectivity index (χ1v) is 9.82. The number of amides is 1. The number of hydrogen-bond donors (Lipinski definition) is 0. The number of benzene rings is 1. The Morgan fingerprint density at radius 1 is 1.14 bits per heavy atom. The van der Waals surface area contributed by atoms with E-state index in [9.17, 15) is 4.79 Å². The highest BCUT2D eigenvalue weighted by atomic mass is 16.5. The Morgan fingerprint density at radius 2 is 1.97 bits per heavy atom. The predicted molar refractivity (Wildman–Crippen MR) is 111 cm³/mol. The van der Waals surface area contributed by atoms with Gasteiger partial charge in [-0.05, 0) is 55.2 Å². The quantitative estimate of drug-likeness (QED) is 0.679. The minimum absolute atomic E-state index is 0.0640. The van der Waals surface area contributed by atoms with E-state index in [0.717, 1.165) is 47.7 Å². The van der Waals surface area contributed by atoms with Gasteiger partial charge in [0.25, 0.3) is 5.91 Å². The fourth-order valence-electron chi connectivity index (χ4n) is 3.83. The third-order valence-electron chi connectivity index (χ3n) is 5.31. The van der Waals surface area contributed by atoms with E-state index in [1.807, 2.05) is 24.0 Å². The van der Waals surface area contributed by atoms with Crippen LogP contribution in [0.15, 0.2) is 55.0 Å². The van der Waals surface area contributed by atoms with Crippen molar-refractivity contribution in [2.75, 3.05) is 20.2 Å². The number of carbonyl (C=O) groups excluding carboxylic acids is 1. The van der Waals surface area contributed by atoms with E-state index in [2.05, 4.69) is 34.2 Å². The van der Waals surface area contributed by atoms with Crippen LogP contribution in [0.2, 0.25) is 0 Å². The van der Waals surface area contributed by atoms with E-state index in [4.69, 9.17) is 9.72 Å². The van der Waals surface area contributed by atoms with Crippen LogP contribution in [0, 0.1) is 6.92 Å². The molecule has 1 amide bonds. The third-order valence-corrected chi connectivity index (χ3v) is 5.31. The maximum Gasteiger partial charge on any atom is 0.274 e. The summed E-state index contributed by atoms with van der Waals surface area (Å²) in [6, 6.07) is 12.3. The molecule has 1 aliphatic heterocycles. The molecule has 29 heavy (non-hydrogen) atoms. The average Bonchev–Trinajstić information content (AvgIpc) is 2.79. The van der Waals surface area contributed by atoms with Crippen LogP contribution >= 0.6 is 0 Å². The van der Waals surface area contributed by atoms with Crippen LogP contribution in [0.4, 0.5) is 0 Å². The summed E-state index contributed by atoms with van der Waals surface area (Å²) in [4.78, 5) is 27.6. The number of likely N-dealkylation sites (tertiary alicyclic amines) is 1. The number of pyridine rings is 1. The number of methoxy groups -OCH3 is 1. The first-order chi connectivity index (χ1) is 14.1. The SMILES string of the molecule is COc1ccc(-c2cc(C)nc([C@H]3CCCN(C(=O)c4cnccn4)C3)c2)cc1. The monoisotopic (exact) mass is 388 g/mol. The van der Waals surface area contributed by atoms with Gasteiger partial charge in [0.15, 0.2) is 0 Å². The maximum absolute atomic E-state index is 12.8. The van der Waals surface area contributed by atoms with Crippen LogP contribution in [-0.2, 0) is 0 Å². The van der Waals surface area contributed by atoms with Crippen molar-refractivity contribution in [2.45, 2.75) is 25.7 Å². The summed E-state index contributed by atoms with van der Waals surface area (Å²) in [5.41, 5.74) is 4.66. The van der Waals surface area contributed by atoms with Crippen molar-refractivity contribution in [2.24, 2.45) is 0 Å². The van der Waals surface area contributed by atoms with Gasteiger partial charge >= 0.3 is 0 Å². The van der Waals surface area contributed by atoms with Gasteiger partial charge in [-0.3, -0.25) is 14.8 Å². The highest BCUT2D eigenvalue weighted by Crippen LogP contribution is 2.30. The molecule has 2 aromatic heterocycles. The van der Waals surface area contributed by atoms with Crippen molar-refractivity contribution in [3.8, 4) is 16.9 Å². The lowest BCUT2D eigenvalue weighted by atomic mass is 9.92. The average molecular weight is 388 g/mol. The van der Waals surface area contributed by atoms with Gasteiger partial charge in [0.05, 0.1) is 13.3 Å². The molecule has 0 spiro atoms. The van der Waals surface area contributed by atoms with Crippen molar-refractivity contribution < 1.29 is 9.53 Å². The summed E-state index contributed by atoms with van der Waals surface area (Å²) < 4.78 is 5.26. The zero-order valence-corrected chi connectivity index (χ0v) is 16.7. The first kappa shape index (κ1) is 19.1. The van der Waals surface area contributed by atoms with E-state index in [1.54, 1.807) is 19.5 Å². The lowest BCUT2D eigenvalue weighted by Gasteiger charge is -2.32. The molecular formula is C23H24N4O2. The van der Waals surface area contributed by atoms with E-state index in [1.165, 1.54) is 6.20 Å². The molecule has 4 rings (SSSR count). The van der Waals surface area contributed by atoms with Gasteiger partial charge in [-0.1, -0.05) is 12.1 Å². The van der Waals surface area contributed by atoms with E-state index < -0.39 is 0 Å². The first-order valence-electron chi connectivity index (χ1n) is 9.82. The Morgan fingerprint density at radius 3 is 2.69 bits per heavy atom. The second-order valence-corrected chi connectivity index (χ2v) is 7.33. The van der Waals surface area contributed by atoms with Gasteiger partial charge < -0.3 is 9.64 Å². The molecule has 0 saturated carbocycles. The molecular weight excluding hydrogens is 364 g/mol. The van der Waals surface area contributed by atoms with Crippen LogP contribution in [0.1, 0.15) is 40.6 Å². The summed E-state index contributed by atoms with van der Waals surface area (Å²) in [6.07, 6.45) is 6.62. The number of aryl methyl sites for hydroxylation is 1. The summed E-state index contributed by atoms with van der Waals surface area (Å²) in [6.45, 7) is 3.40. The van der Waals surface area contributed by atoms with Crippen LogP contribution in [-0.4, -0.2) is 46.0 Å². The number of nitrogens with zero attached hydrogens (tertiary/aromatic N) is 4. The molecule has 1 atom stereocenters. The minimum atomic E-state index is -0.0640. The van der Waals surface area contributed by atoms with Gasteiger partial charge in [-0.25, -0.2) is 4.98 Å². The second kappa shape index (κ2) is 8.39. The molecule has 0 bridgehead atoms. The highest BCUT2D eigenvalue weighted by molar-refractivity contribution is 5.92. The molecule has 1 aromatic carbocycles. The van der Waals surface area contributed by atoms with E-state index >= 15 is 0 Å². The molecule has 0 unspecified atom stereocenters. The topological polar surface area (TPSA) is 68.2 Å². The minimum Gasteiger partial charge on any atom is -0.497 e. The molecule has 148 valence electrons. The molecule has 3 aromatic rings. The van der Waals surface area contributed by atoms with Crippen molar-refractivity contribution >= 4 is 5.91 Å². The van der Waals surface area contributed by atoms with Crippen molar-refractivity contribution in [3.05, 3.63) is 72.1 Å². The summed E-state index contributed by atoms with van der Waals surface area (Å²) in [7, 11) is 1.67. The van der Waals surface area contributed by atoms with Crippen LogP contribution in [0.5, 0.6) is 5.75 Å². The van der Waals surface area contributed by atoms with Crippen molar-refractivity contribution in [3.63, 3.8) is 0 Å². The summed E-state index contributed by atoms with van der Waals surface area (Å²) in [5.74, 6) is 0.984. The number of aromatic nitrogens is 3. The molecule has 1 aliphatic rings. The van der Waals surface area contributed by atoms with Gasteiger partial charge in [0, 0.05) is 42.8 Å². The second-order valence-electron chi connectivity index (χ2n) is 7.33. The molecule has 1 saturated heterocycles. The van der Waals surface area contributed by atoms with Crippen molar-refractivity contribution in [1.29, 1.82) is 0 Å². The van der Waals surface area contributed by atoms with Crippen LogP contribution < -0.4 is 4.74 Å². The standard InChI is InChI=1S/C23H24N4O2/c1-16-12-19(17-5-7-20(29-2)8-6-17)13-21(26-16)18-4-3-11-27(15-18)23(28)22-14-24-9-10-25-22/h5-10,12-14,18H,3-4,11,15H2,1-2H3/t18-/m0/s1. The lowest BCUT2D eigenvalue weighted by Crippen LogP contribution is -2.39. The van der Waals surface area contributed by atoms with Gasteiger partial charge in [-0.2, -0.15) is 0 Å². The van der Waals surface area contributed by atoms with Gasteiger partial charge in [-0.15, -0.1) is 0 Å². The number of carbonyl (C=O) groups is 1. The number of rotatable bonds is 4. The fraction of sp³-hybridized carbons (Fsp3) is 0.304. The van der Waals surface area contributed by atoms with Crippen molar-refractivity contribution in [1.82, 2.24) is 19.9 Å². The highest BCUT2D eigenvalue weighted by Gasteiger charge is 2.27. The zero-order chi connectivity index (χ0) is 20.2. The van der Waals surface area contributed by atoms with Crippen LogP contribution in [0.3, 0.4) is 0 Å².